The number of likely N-dealkylation sites (tertiary alicyclic amines) is 1. The van der Waals surface area contributed by atoms with Gasteiger partial charge in [0.1, 0.15) is 5.82 Å². The van der Waals surface area contributed by atoms with Gasteiger partial charge in [-0.2, -0.15) is 4.31 Å². The van der Waals surface area contributed by atoms with E-state index in [4.69, 9.17) is 9.84 Å². The summed E-state index contributed by atoms with van der Waals surface area (Å²) in [6, 6.07) is 5.70. The average molecular weight is 358 g/mol. The van der Waals surface area contributed by atoms with Crippen molar-refractivity contribution in [2.75, 3.05) is 25.6 Å². The van der Waals surface area contributed by atoms with E-state index in [0.717, 1.165) is 0 Å². The van der Waals surface area contributed by atoms with Crippen LogP contribution in [0.25, 0.3) is 0 Å². The molecule has 2 heterocycles. The lowest BCUT2D eigenvalue weighted by molar-refractivity contribution is -0.0851. The maximum atomic E-state index is 13.0. The first-order valence-corrected chi connectivity index (χ1v) is 9.25. The van der Waals surface area contributed by atoms with Crippen molar-refractivity contribution in [2.24, 2.45) is 0 Å². The van der Waals surface area contributed by atoms with Crippen LogP contribution in [0, 0.1) is 5.82 Å². The Morgan fingerprint density at radius 3 is 2.46 bits per heavy atom. The molecule has 2 fully saturated rings. The minimum Gasteiger partial charge on any atom is -0.465 e. The molecular formula is C15H19FN2O5S. The number of amides is 1. The molecule has 24 heavy (non-hydrogen) atoms. The Bertz CT molecular complexity index is 714. The molecule has 0 unspecified atom stereocenters. The van der Waals surface area contributed by atoms with E-state index >= 15 is 0 Å². The third-order valence-corrected chi connectivity index (χ3v) is 6.05. The monoisotopic (exact) mass is 358 g/mol. The standard InChI is InChI=1S/C15H19FN2O5S/c16-13-3-1-12(2-4-13)9-18-10-15(23-11-24(18,21)22)5-7-17(8-6-15)14(19)20/h1-4H,5-11H2,(H,19,20). The zero-order chi connectivity index (χ0) is 17.4. The van der Waals surface area contributed by atoms with Gasteiger partial charge in [0, 0.05) is 26.2 Å². The first kappa shape index (κ1) is 17.1. The van der Waals surface area contributed by atoms with Crippen LogP contribution in [0.2, 0.25) is 0 Å². The van der Waals surface area contributed by atoms with E-state index in [0.29, 0.717) is 31.5 Å². The Hall–Kier alpha value is -1.71. The first-order chi connectivity index (χ1) is 11.3. The summed E-state index contributed by atoms with van der Waals surface area (Å²) in [5.74, 6) is -0.789. The van der Waals surface area contributed by atoms with E-state index in [-0.39, 0.29) is 18.9 Å². The zero-order valence-electron chi connectivity index (χ0n) is 13.0. The van der Waals surface area contributed by atoms with Crippen LogP contribution in [0.15, 0.2) is 24.3 Å². The highest BCUT2D eigenvalue weighted by atomic mass is 32.2. The van der Waals surface area contributed by atoms with Crippen molar-refractivity contribution in [2.45, 2.75) is 25.0 Å². The third kappa shape index (κ3) is 3.52. The number of piperidine rings is 1. The number of hydrogen-bond donors (Lipinski definition) is 1. The number of ether oxygens (including phenoxy) is 1. The molecule has 2 saturated heterocycles. The van der Waals surface area contributed by atoms with Crippen molar-refractivity contribution in [1.82, 2.24) is 9.21 Å². The van der Waals surface area contributed by atoms with Gasteiger partial charge >= 0.3 is 6.09 Å². The summed E-state index contributed by atoms with van der Waals surface area (Å²) in [5, 5.41) is 9.03. The third-order valence-electron chi connectivity index (χ3n) is 4.59. The molecule has 1 N–H and O–H groups in total. The summed E-state index contributed by atoms with van der Waals surface area (Å²) >= 11 is 0. The molecule has 2 aliphatic rings. The first-order valence-electron chi connectivity index (χ1n) is 7.64. The maximum absolute atomic E-state index is 13.0. The van der Waals surface area contributed by atoms with Crippen molar-refractivity contribution < 1.29 is 27.4 Å². The maximum Gasteiger partial charge on any atom is 0.407 e. The fraction of sp³-hybridized carbons (Fsp3) is 0.533. The lowest BCUT2D eigenvalue weighted by Crippen LogP contribution is -2.58. The second-order valence-electron chi connectivity index (χ2n) is 6.22. The van der Waals surface area contributed by atoms with Gasteiger partial charge in [-0.25, -0.2) is 17.6 Å². The fourth-order valence-electron chi connectivity index (χ4n) is 3.10. The van der Waals surface area contributed by atoms with Crippen molar-refractivity contribution in [3.05, 3.63) is 35.6 Å². The Labute approximate surface area is 139 Å². The molecule has 9 heteroatoms. The lowest BCUT2D eigenvalue weighted by atomic mass is 9.91. The zero-order valence-corrected chi connectivity index (χ0v) is 13.8. The molecule has 0 bridgehead atoms. The molecule has 0 aromatic heterocycles. The van der Waals surface area contributed by atoms with Gasteiger partial charge in [-0.05, 0) is 30.5 Å². The van der Waals surface area contributed by atoms with E-state index in [2.05, 4.69) is 0 Å². The predicted molar refractivity (Wildman–Crippen MR) is 83.2 cm³/mol. The minimum absolute atomic E-state index is 0.149. The molecule has 3 rings (SSSR count). The van der Waals surface area contributed by atoms with Crippen molar-refractivity contribution in [1.29, 1.82) is 0 Å². The van der Waals surface area contributed by atoms with Crippen molar-refractivity contribution in [3.63, 3.8) is 0 Å². The Morgan fingerprint density at radius 2 is 1.88 bits per heavy atom. The summed E-state index contributed by atoms with van der Waals surface area (Å²) in [6.45, 7) is 0.968. The highest BCUT2D eigenvalue weighted by molar-refractivity contribution is 7.88. The van der Waals surface area contributed by atoms with Crippen LogP contribution in [0.3, 0.4) is 0 Å². The molecule has 0 atom stereocenters. The largest absolute Gasteiger partial charge is 0.465 e. The fourth-order valence-corrected chi connectivity index (χ4v) is 4.42. The molecule has 7 nitrogen and oxygen atoms in total. The molecule has 0 aliphatic carbocycles. The molecule has 0 radical (unpaired) electrons. The topological polar surface area (TPSA) is 87.2 Å². The number of carbonyl (C=O) groups is 1. The Balaban J connectivity index is 1.73. The molecule has 1 amide bonds. The van der Waals surface area contributed by atoms with Crippen LogP contribution in [-0.2, 0) is 21.3 Å². The SMILES string of the molecule is O=C(O)N1CCC2(CC1)CN(Cc1ccc(F)cc1)S(=O)(=O)CO2. The second kappa shape index (κ2) is 6.30. The molecule has 132 valence electrons. The van der Waals surface area contributed by atoms with E-state index in [1.54, 1.807) is 12.1 Å². The Morgan fingerprint density at radius 1 is 1.25 bits per heavy atom. The quantitative estimate of drug-likeness (QED) is 0.865. The van der Waals surface area contributed by atoms with Gasteiger partial charge in [0.25, 0.3) is 0 Å². The van der Waals surface area contributed by atoms with E-state index < -0.39 is 27.7 Å². The minimum atomic E-state index is -3.55. The summed E-state index contributed by atoms with van der Waals surface area (Å²) in [4.78, 5) is 12.3. The highest BCUT2D eigenvalue weighted by Gasteiger charge is 2.45. The number of carboxylic acid groups (broad SMARTS) is 1. The molecule has 1 aromatic rings. The number of benzene rings is 1. The second-order valence-corrected chi connectivity index (χ2v) is 8.14. The van der Waals surface area contributed by atoms with Crippen LogP contribution < -0.4 is 0 Å². The van der Waals surface area contributed by atoms with E-state index in [1.165, 1.54) is 21.3 Å². The van der Waals surface area contributed by atoms with Gasteiger partial charge in [0.05, 0.1) is 5.60 Å². The van der Waals surface area contributed by atoms with Crippen LogP contribution in [0.5, 0.6) is 0 Å². The summed E-state index contributed by atoms with van der Waals surface area (Å²) in [5.41, 5.74) is 0.0390. The Kier molecular flexibility index (Phi) is 4.50. The lowest BCUT2D eigenvalue weighted by Gasteiger charge is -2.46. The highest BCUT2D eigenvalue weighted by Crippen LogP contribution is 2.33. The van der Waals surface area contributed by atoms with Gasteiger partial charge < -0.3 is 14.7 Å². The van der Waals surface area contributed by atoms with Crippen LogP contribution in [0.4, 0.5) is 9.18 Å². The number of rotatable bonds is 2. The van der Waals surface area contributed by atoms with Gasteiger partial charge in [0.2, 0.25) is 10.0 Å². The van der Waals surface area contributed by atoms with Crippen LogP contribution in [0.1, 0.15) is 18.4 Å². The number of halogens is 1. The van der Waals surface area contributed by atoms with Gasteiger partial charge in [-0.1, -0.05) is 12.1 Å². The van der Waals surface area contributed by atoms with Crippen molar-refractivity contribution in [3.8, 4) is 0 Å². The summed E-state index contributed by atoms with van der Waals surface area (Å²) in [7, 11) is -3.55. The number of sulfonamides is 1. The van der Waals surface area contributed by atoms with Crippen LogP contribution >= 0.6 is 0 Å². The summed E-state index contributed by atoms with van der Waals surface area (Å²) < 4.78 is 44.5. The molecule has 1 spiro atoms. The molecule has 2 aliphatic heterocycles. The average Bonchev–Trinajstić information content (AvgIpc) is 2.54. The number of hydrogen-bond acceptors (Lipinski definition) is 4. The van der Waals surface area contributed by atoms with Gasteiger partial charge in [-0.15, -0.1) is 0 Å². The van der Waals surface area contributed by atoms with Gasteiger partial charge in [0.15, 0.2) is 5.94 Å². The number of nitrogens with zero attached hydrogens (tertiary/aromatic N) is 2. The predicted octanol–water partition coefficient (Wildman–Crippen LogP) is 1.46. The van der Waals surface area contributed by atoms with Crippen molar-refractivity contribution >= 4 is 16.1 Å². The summed E-state index contributed by atoms with van der Waals surface area (Å²) in [6.07, 6.45) is -0.0693. The molecular weight excluding hydrogens is 339 g/mol. The van der Waals surface area contributed by atoms with E-state index in [1.807, 2.05) is 0 Å². The normalized spacial score (nSPS) is 23.3. The van der Waals surface area contributed by atoms with Gasteiger partial charge in [-0.3, -0.25) is 0 Å². The smallest absolute Gasteiger partial charge is 0.407 e. The molecule has 1 aromatic carbocycles. The van der Waals surface area contributed by atoms with E-state index in [9.17, 15) is 17.6 Å². The molecule has 0 saturated carbocycles. The van der Waals surface area contributed by atoms with Crippen LogP contribution in [-0.4, -0.2) is 60.0 Å².